The molecule has 0 aromatic heterocycles. The lowest BCUT2D eigenvalue weighted by atomic mass is 9.81. The van der Waals surface area contributed by atoms with Crippen LogP contribution in [-0.4, -0.2) is 25.2 Å². The number of esters is 2. The highest BCUT2D eigenvalue weighted by molar-refractivity contribution is 5.90. The number of carbonyl (C=O) groups is 2. The molecule has 0 saturated carbocycles. The molecule has 2 rings (SSSR count). The van der Waals surface area contributed by atoms with E-state index < -0.39 is 18.0 Å². The second-order valence-electron chi connectivity index (χ2n) is 6.42. The van der Waals surface area contributed by atoms with E-state index in [2.05, 4.69) is 42.0 Å². The predicted molar refractivity (Wildman–Crippen MR) is 97.0 cm³/mol. The number of methoxy groups -OCH3 is 1. The van der Waals surface area contributed by atoms with Gasteiger partial charge in [0.25, 0.3) is 0 Å². The van der Waals surface area contributed by atoms with Gasteiger partial charge in [-0.1, -0.05) is 55.5 Å². The molecule has 3 atom stereocenters. The van der Waals surface area contributed by atoms with Gasteiger partial charge in [0.05, 0.1) is 7.11 Å². The van der Waals surface area contributed by atoms with Gasteiger partial charge < -0.3 is 9.47 Å². The van der Waals surface area contributed by atoms with Crippen LogP contribution in [0.25, 0.3) is 0 Å². The largest absolute Gasteiger partial charge is 0.466 e. The van der Waals surface area contributed by atoms with Crippen LogP contribution in [0, 0.1) is 5.92 Å². The van der Waals surface area contributed by atoms with Crippen molar-refractivity contribution in [2.24, 2.45) is 5.92 Å². The molecule has 1 aromatic carbocycles. The summed E-state index contributed by atoms with van der Waals surface area (Å²) in [6, 6.07) is 10.4. The maximum Gasteiger partial charge on any atom is 0.346 e. The summed E-state index contributed by atoms with van der Waals surface area (Å²) in [5, 5.41) is 0. The summed E-state index contributed by atoms with van der Waals surface area (Å²) in [7, 11) is 1.28. The molecule has 0 saturated heterocycles. The minimum Gasteiger partial charge on any atom is -0.466 e. The molecule has 3 unspecified atom stereocenters. The van der Waals surface area contributed by atoms with Crippen molar-refractivity contribution in [3.8, 4) is 0 Å². The molecule has 4 heteroatoms. The topological polar surface area (TPSA) is 52.6 Å². The second-order valence-corrected chi connectivity index (χ2v) is 6.42. The van der Waals surface area contributed by atoms with Gasteiger partial charge in [-0.2, -0.15) is 0 Å². The van der Waals surface area contributed by atoms with Crippen LogP contribution < -0.4 is 0 Å². The van der Waals surface area contributed by atoms with E-state index in [0.29, 0.717) is 23.8 Å². The van der Waals surface area contributed by atoms with Gasteiger partial charge in [-0.05, 0) is 43.6 Å². The quantitative estimate of drug-likeness (QED) is 0.753. The second kappa shape index (κ2) is 9.21. The van der Waals surface area contributed by atoms with E-state index >= 15 is 0 Å². The zero-order valence-corrected chi connectivity index (χ0v) is 15.1. The Morgan fingerprint density at radius 3 is 2.56 bits per heavy atom. The lowest BCUT2D eigenvalue weighted by Crippen LogP contribution is -2.26. The number of ether oxygens (including phenoxy) is 2. The minimum atomic E-state index is -0.896. The van der Waals surface area contributed by atoms with Crippen molar-refractivity contribution in [3.63, 3.8) is 0 Å². The van der Waals surface area contributed by atoms with Crippen LogP contribution >= 0.6 is 0 Å². The zero-order chi connectivity index (χ0) is 18.2. The van der Waals surface area contributed by atoms with E-state index in [4.69, 9.17) is 4.74 Å². The number of allylic oxidation sites excluding steroid dienone is 3. The summed E-state index contributed by atoms with van der Waals surface area (Å²) in [6.45, 7) is 3.75. The molecule has 0 heterocycles. The smallest absolute Gasteiger partial charge is 0.346 e. The lowest BCUT2D eigenvalue weighted by molar-refractivity contribution is -0.162. The first-order valence-corrected chi connectivity index (χ1v) is 8.72. The van der Waals surface area contributed by atoms with Crippen LogP contribution in [0.2, 0.25) is 0 Å². The van der Waals surface area contributed by atoms with Crippen LogP contribution in [0.3, 0.4) is 0 Å². The van der Waals surface area contributed by atoms with Crippen molar-refractivity contribution in [2.75, 3.05) is 7.11 Å². The van der Waals surface area contributed by atoms with Gasteiger partial charge >= 0.3 is 11.9 Å². The molecule has 0 spiro atoms. The molecule has 25 heavy (non-hydrogen) atoms. The van der Waals surface area contributed by atoms with Gasteiger partial charge in [-0.3, -0.25) is 0 Å². The number of benzene rings is 1. The van der Waals surface area contributed by atoms with E-state index in [1.54, 1.807) is 6.08 Å². The fraction of sp³-hybridized carbons (Fsp3) is 0.429. The number of carbonyl (C=O) groups excluding carboxylic acids is 2. The standard InChI is InChI=1S/C21H26O4/c1-15(17-9-5-4-6-10-17)18-11-7-8-12-19(14-13-18)21(23)25-16(2)20(22)24-3/h4-10,12,15-16,18H,11,13-14H2,1-3H3. The van der Waals surface area contributed by atoms with Crippen LogP contribution in [0.5, 0.6) is 0 Å². The van der Waals surface area contributed by atoms with Gasteiger partial charge in [-0.25, -0.2) is 9.59 Å². The Hall–Kier alpha value is -2.36. The van der Waals surface area contributed by atoms with E-state index in [1.807, 2.05) is 12.1 Å². The fourth-order valence-electron chi connectivity index (χ4n) is 3.08. The van der Waals surface area contributed by atoms with Gasteiger partial charge in [0.1, 0.15) is 0 Å². The van der Waals surface area contributed by atoms with Crippen LogP contribution in [0.4, 0.5) is 0 Å². The Morgan fingerprint density at radius 2 is 1.88 bits per heavy atom. The van der Waals surface area contributed by atoms with Gasteiger partial charge in [-0.15, -0.1) is 0 Å². The third kappa shape index (κ3) is 5.31. The molecular formula is C21H26O4. The molecule has 0 radical (unpaired) electrons. The first-order valence-electron chi connectivity index (χ1n) is 8.72. The molecule has 4 nitrogen and oxygen atoms in total. The highest BCUT2D eigenvalue weighted by Crippen LogP contribution is 2.33. The summed E-state index contributed by atoms with van der Waals surface area (Å²) in [4.78, 5) is 23.7. The molecular weight excluding hydrogens is 316 g/mol. The van der Waals surface area contributed by atoms with Crippen molar-refractivity contribution < 1.29 is 19.1 Å². The van der Waals surface area contributed by atoms with Gasteiger partial charge in [0.15, 0.2) is 6.10 Å². The fourth-order valence-corrected chi connectivity index (χ4v) is 3.08. The van der Waals surface area contributed by atoms with Gasteiger partial charge in [0.2, 0.25) is 0 Å². The molecule has 0 fully saturated rings. The minimum absolute atomic E-state index is 0.412. The highest BCUT2D eigenvalue weighted by atomic mass is 16.6. The van der Waals surface area contributed by atoms with E-state index in [-0.39, 0.29) is 0 Å². The molecule has 0 aliphatic heterocycles. The van der Waals surface area contributed by atoms with Crippen molar-refractivity contribution in [3.05, 3.63) is 59.7 Å². The summed E-state index contributed by atoms with van der Waals surface area (Å²) >= 11 is 0. The summed E-state index contributed by atoms with van der Waals surface area (Å²) in [5.41, 5.74) is 1.91. The monoisotopic (exact) mass is 342 g/mol. The molecule has 1 aromatic rings. The Morgan fingerprint density at radius 1 is 1.16 bits per heavy atom. The van der Waals surface area contributed by atoms with Crippen molar-refractivity contribution in [1.29, 1.82) is 0 Å². The van der Waals surface area contributed by atoms with Crippen LogP contribution in [0.1, 0.15) is 44.6 Å². The Labute approximate surface area is 149 Å². The molecule has 0 amide bonds. The normalized spacial score (nSPS) is 19.8. The molecule has 0 bridgehead atoms. The van der Waals surface area contributed by atoms with Crippen LogP contribution in [0.15, 0.2) is 54.1 Å². The SMILES string of the molecule is COC(=O)C(C)OC(=O)C1=CC=CCC(C(C)c2ccccc2)CC1. The summed E-state index contributed by atoms with van der Waals surface area (Å²) in [5.74, 6) is -0.134. The van der Waals surface area contributed by atoms with E-state index in [1.165, 1.54) is 19.6 Å². The Balaban J connectivity index is 2.01. The third-order valence-corrected chi connectivity index (χ3v) is 4.77. The number of hydrogen-bond acceptors (Lipinski definition) is 4. The van der Waals surface area contributed by atoms with Crippen molar-refractivity contribution >= 4 is 11.9 Å². The number of hydrogen-bond donors (Lipinski definition) is 0. The maximum atomic E-state index is 12.3. The number of rotatable bonds is 5. The maximum absolute atomic E-state index is 12.3. The average Bonchev–Trinajstić information content (AvgIpc) is 2.61. The molecule has 0 N–H and O–H groups in total. The Bertz CT molecular complexity index is 645. The average molecular weight is 342 g/mol. The molecule has 134 valence electrons. The van der Waals surface area contributed by atoms with E-state index in [9.17, 15) is 9.59 Å². The molecule has 1 aliphatic carbocycles. The zero-order valence-electron chi connectivity index (χ0n) is 15.1. The highest BCUT2D eigenvalue weighted by Gasteiger charge is 2.24. The summed E-state index contributed by atoms with van der Waals surface area (Å²) in [6.07, 6.45) is 7.41. The Kier molecular flexibility index (Phi) is 6.99. The van der Waals surface area contributed by atoms with Gasteiger partial charge in [0, 0.05) is 5.57 Å². The predicted octanol–water partition coefficient (Wildman–Crippen LogP) is 4.18. The summed E-state index contributed by atoms with van der Waals surface area (Å²) < 4.78 is 9.80. The van der Waals surface area contributed by atoms with Crippen molar-refractivity contribution in [2.45, 2.75) is 45.1 Å². The first-order chi connectivity index (χ1) is 12.0. The van der Waals surface area contributed by atoms with Crippen molar-refractivity contribution in [1.82, 2.24) is 0 Å². The third-order valence-electron chi connectivity index (χ3n) is 4.77. The van der Waals surface area contributed by atoms with E-state index in [0.717, 1.165) is 12.8 Å². The lowest BCUT2D eigenvalue weighted by Gasteiger charge is -2.25. The molecule has 1 aliphatic rings. The first kappa shape index (κ1) is 19.0. The van der Waals surface area contributed by atoms with Crippen LogP contribution in [-0.2, 0) is 19.1 Å².